The number of fused-ring (bicyclic) bond motifs is 1. The van der Waals surface area contributed by atoms with Gasteiger partial charge in [-0.15, -0.1) is 0 Å². The third kappa shape index (κ3) is 5.22. The van der Waals surface area contributed by atoms with E-state index in [4.69, 9.17) is 25.8 Å². The van der Waals surface area contributed by atoms with Crippen LogP contribution in [0.4, 0.5) is 0 Å². The lowest BCUT2D eigenvalue weighted by atomic mass is 9.87. The molecule has 1 saturated carbocycles. The van der Waals surface area contributed by atoms with Gasteiger partial charge in [-0.25, -0.2) is 4.79 Å². The SMILES string of the molecule is COc1c(Cl)cc(OC2CCC(C(=O)OCc3cccc4ccccc34)CC2)cc1C(=O)O. The number of benzene rings is 3. The molecule has 1 aliphatic rings. The van der Waals surface area contributed by atoms with Crippen LogP contribution in [-0.4, -0.2) is 30.3 Å². The van der Waals surface area contributed by atoms with Crippen LogP contribution in [0.1, 0.15) is 41.6 Å². The van der Waals surface area contributed by atoms with Crippen molar-refractivity contribution in [3.05, 3.63) is 70.7 Å². The molecule has 0 saturated heterocycles. The molecule has 0 spiro atoms. The van der Waals surface area contributed by atoms with Gasteiger partial charge in [-0.2, -0.15) is 0 Å². The molecule has 0 aromatic heterocycles. The van der Waals surface area contributed by atoms with Gasteiger partial charge in [0.1, 0.15) is 17.9 Å². The van der Waals surface area contributed by atoms with E-state index >= 15 is 0 Å². The van der Waals surface area contributed by atoms with Crippen LogP contribution in [0.5, 0.6) is 11.5 Å². The zero-order chi connectivity index (χ0) is 23.4. The minimum Gasteiger partial charge on any atom is -0.494 e. The number of rotatable bonds is 7. The standard InChI is InChI=1S/C26H25ClO6/c1-31-24-22(25(28)29)13-20(14-23(24)27)33-19-11-9-17(10-12-19)26(30)32-15-18-7-4-6-16-5-2-3-8-21(16)18/h2-8,13-14,17,19H,9-12,15H2,1H3,(H,28,29). The molecule has 0 heterocycles. The average molecular weight is 469 g/mol. The van der Waals surface area contributed by atoms with Crippen molar-refractivity contribution in [3.8, 4) is 11.5 Å². The lowest BCUT2D eigenvalue weighted by molar-refractivity contribution is -0.151. The Morgan fingerprint density at radius 1 is 1.03 bits per heavy atom. The molecule has 0 atom stereocenters. The Kier molecular flexibility index (Phi) is 7.04. The summed E-state index contributed by atoms with van der Waals surface area (Å²) < 4.78 is 16.7. The van der Waals surface area contributed by atoms with Crippen LogP contribution in [0.3, 0.4) is 0 Å². The topological polar surface area (TPSA) is 82.1 Å². The van der Waals surface area contributed by atoms with Gasteiger partial charge in [0.2, 0.25) is 0 Å². The summed E-state index contributed by atoms with van der Waals surface area (Å²) in [5.74, 6) is -1.03. The quantitative estimate of drug-likeness (QED) is 0.436. The largest absolute Gasteiger partial charge is 0.494 e. The molecule has 0 radical (unpaired) electrons. The van der Waals surface area contributed by atoms with Gasteiger partial charge in [-0.3, -0.25) is 4.79 Å². The van der Waals surface area contributed by atoms with Crippen LogP contribution in [0.15, 0.2) is 54.6 Å². The Labute approximate surface area is 197 Å². The number of carbonyl (C=O) groups is 2. The third-order valence-electron chi connectivity index (χ3n) is 6.01. The molecule has 0 unspecified atom stereocenters. The van der Waals surface area contributed by atoms with Gasteiger partial charge in [-0.05, 0) is 48.1 Å². The lowest BCUT2D eigenvalue weighted by Crippen LogP contribution is -2.29. The van der Waals surface area contributed by atoms with Gasteiger partial charge in [0.15, 0.2) is 5.75 Å². The van der Waals surface area contributed by atoms with Gasteiger partial charge in [-0.1, -0.05) is 54.1 Å². The maximum absolute atomic E-state index is 12.6. The molecule has 1 N–H and O–H groups in total. The fraction of sp³-hybridized carbons (Fsp3) is 0.308. The molecule has 3 aromatic rings. The fourth-order valence-corrected chi connectivity index (χ4v) is 4.58. The highest BCUT2D eigenvalue weighted by molar-refractivity contribution is 6.32. The van der Waals surface area contributed by atoms with Crippen molar-refractivity contribution in [2.24, 2.45) is 5.92 Å². The van der Waals surface area contributed by atoms with Crippen molar-refractivity contribution >= 4 is 34.3 Å². The first-order chi connectivity index (χ1) is 16.0. The molecule has 7 heteroatoms. The molecule has 172 valence electrons. The molecular weight excluding hydrogens is 444 g/mol. The summed E-state index contributed by atoms with van der Waals surface area (Å²) in [6.45, 7) is 0.249. The predicted molar refractivity (Wildman–Crippen MR) is 125 cm³/mol. The molecule has 4 rings (SSSR count). The lowest BCUT2D eigenvalue weighted by Gasteiger charge is -2.28. The number of methoxy groups -OCH3 is 1. The van der Waals surface area contributed by atoms with E-state index in [0.717, 1.165) is 16.3 Å². The van der Waals surface area contributed by atoms with E-state index in [1.807, 2.05) is 42.5 Å². The summed E-state index contributed by atoms with van der Waals surface area (Å²) in [7, 11) is 1.37. The molecule has 6 nitrogen and oxygen atoms in total. The maximum Gasteiger partial charge on any atom is 0.339 e. The minimum absolute atomic E-state index is 0.0503. The van der Waals surface area contributed by atoms with Crippen LogP contribution in [0.2, 0.25) is 5.02 Å². The minimum atomic E-state index is -1.14. The zero-order valence-corrected chi connectivity index (χ0v) is 19.0. The number of ether oxygens (including phenoxy) is 3. The van der Waals surface area contributed by atoms with Crippen molar-refractivity contribution in [2.75, 3.05) is 7.11 Å². The highest BCUT2D eigenvalue weighted by Gasteiger charge is 2.29. The summed E-state index contributed by atoms with van der Waals surface area (Å²) >= 11 is 6.15. The molecule has 0 amide bonds. The number of aromatic carboxylic acids is 1. The van der Waals surface area contributed by atoms with Crippen LogP contribution >= 0.6 is 11.6 Å². The highest BCUT2D eigenvalue weighted by Crippen LogP contribution is 2.35. The van der Waals surface area contributed by atoms with E-state index in [-0.39, 0.29) is 40.9 Å². The first-order valence-corrected chi connectivity index (χ1v) is 11.2. The van der Waals surface area contributed by atoms with E-state index in [0.29, 0.717) is 31.4 Å². The normalized spacial score (nSPS) is 18.0. The molecule has 0 aliphatic heterocycles. The number of carbonyl (C=O) groups excluding carboxylic acids is 1. The van der Waals surface area contributed by atoms with Crippen molar-refractivity contribution < 1.29 is 28.9 Å². The van der Waals surface area contributed by atoms with Crippen molar-refractivity contribution in [1.29, 1.82) is 0 Å². The number of halogens is 1. The second-order valence-electron chi connectivity index (χ2n) is 8.13. The smallest absolute Gasteiger partial charge is 0.339 e. The third-order valence-corrected chi connectivity index (χ3v) is 6.29. The molecule has 0 bridgehead atoms. The first-order valence-electron chi connectivity index (χ1n) is 10.9. The average Bonchev–Trinajstić information content (AvgIpc) is 2.82. The van der Waals surface area contributed by atoms with Crippen molar-refractivity contribution in [2.45, 2.75) is 38.4 Å². The van der Waals surface area contributed by atoms with E-state index in [9.17, 15) is 14.7 Å². The second-order valence-corrected chi connectivity index (χ2v) is 8.54. The van der Waals surface area contributed by atoms with Crippen LogP contribution < -0.4 is 9.47 Å². The number of esters is 1. The highest BCUT2D eigenvalue weighted by atomic mass is 35.5. The predicted octanol–water partition coefficient (Wildman–Crippen LogP) is 5.88. The Balaban J connectivity index is 1.32. The Bertz CT molecular complexity index is 1160. The number of carboxylic acid groups (broad SMARTS) is 1. The van der Waals surface area contributed by atoms with E-state index < -0.39 is 5.97 Å². The van der Waals surface area contributed by atoms with Gasteiger partial charge < -0.3 is 19.3 Å². The fourth-order valence-electron chi connectivity index (χ4n) is 4.30. The summed E-state index contributed by atoms with van der Waals surface area (Å²) in [6.07, 6.45) is 2.50. The molecule has 1 fully saturated rings. The van der Waals surface area contributed by atoms with Crippen LogP contribution in [-0.2, 0) is 16.1 Å². The maximum atomic E-state index is 12.6. The monoisotopic (exact) mass is 468 g/mol. The van der Waals surface area contributed by atoms with Crippen molar-refractivity contribution in [1.82, 2.24) is 0 Å². The van der Waals surface area contributed by atoms with E-state index in [1.54, 1.807) is 6.07 Å². The van der Waals surface area contributed by atoms with E-state index in [2.05, 4.69) is 0 Å². The summed E-state index contributed by atoms with van der Waals surface area (Å²) in [4.78, 5) is 24.1. The first kappa shape index (κ1) is 22.9. The van der Waals surface area contributed by atoms with Crippen LogP contribution in [0.25, 0.3) is 10.8 Å². The van der Waals surface area contributed by atoms with Gasteiger partial charge in [0.05, 0.1) is 24.2 Å². The van der Waals surface area contributed by atoms with Crippen molar-refractivity contribution in [3.63, 3.8) is 0 Å². The number of hydrogen-bond acceptors (Lipinski definition) is 5. The summed E-state index contributed by atoms with van der Waals surface area (Å²) in [5, 5.41) is 11.8. The summed E-state index contributed by atoms with van der Waals surface area (Å²) in [5.41, 5.74) is 0.940. The molecular formula is C26H25ClO6. The Morgan fingerprint density at radius 3 is 2.48 bits per heavy atom. The molecule has 3 aromatic carbocycles. The second kappa shape index (κ2) is 10.1. The van der Waals surface area contributed by atoms with Gasteiger partial charge >= 0.3 is 11.9 Å². The van der Waals surface area contributed by atoms with Crippen LogP contribution in [0, 0.1) is 5.92 Å². The number of carboxylic acids is 1. The van der Waals surface area contributed by atoms with Gasteiger partial charge in [0.25, 0.3) is 0 Å². The summed E-state index contributed by atoms with van der Waals surface area (Å²) in [6, 6.07) is 17.0. The zero-order valence-electron chi connectivity index (χ0n) is 18.3. The van der Waals surface area contributed by atoms with Gasteiger partial charge in [0, 0.05) is 6.07 Å². The van der Waals surface area contributed by atoms with E-state index in [1.165, 1.54) is 13.2 Å². The Hall–Kier alpha value is -3.25. The Morgan fingerprint density at radius 2 is 1.76 bits per heavy atom. The molecule has 1 aliphatic carbocycles. The molecule has 33 heavy (non-hydrogen) atoms. The number of hydrogen-bond donors (Lipinski definition) is 1.